The largest absolute Gasteiger partial charge is 0.377 e. The highest BCUT2D eigenvalue weighted by atomic mass is 16.5. The van der Waals surface area contributed by atoms with Crippen molar-refractivity contribution in [3.63, 3.8) is 0 Å². The fourth-order valence-electron chi connectivity index (χ4n) is 2.88. The van der Waals surface area contributed by atoms with Crippen molar-refractivity contribution in [1.29, 1.82) is 0 Å². The molecule has 0 unspecified atom stereocenters. The molecule has 23 heavy (non-hydrogen) atoms. The highest BCUT2D eigenvalue weighted by Gasteiger charge is 2.39. The summed E-state index contributed by atoms with van der Waals surface area (Å²) < 4.78 is 11.9. The average Bonchev–Trinajstić information content (AvgIpc) is 3.26. The molecular formula is C14H20N6O3. The third-order valence-corrected chi connectivity index (χ3v) is 4.05. The van der Waals surface area contributed by atoms with Gasteiger partial charge in [0.25, 0.3) is 5.91 Å². The second kappa shape index (κ2) is 6.47. The van der Waals surface area contributed by atoms with Gasteiger partial charge in [-0.15, -0.1) is 5.10 Å². The van der Waals surface area contributed by atoms with E-state index in [0.29, 0.717) is 31.2 Å². The lowest BCUT2D eigenvalue weighted by Crippen LogP contribution is -2.37. The number of carbonyl (C=O) groups excluding carboxylic acids is 1. The minimum atomic E-state index is -0.148. The summed E-state index contributed by atoms with van der Waals surface area (Å²) in [6, 6.07) is 1.84. The van der Waals surface area contributed by atoms with Crippen molar-refractivity contribution < 1.29 is 14.1 Å². The molecule has 1 aliphatic rings. The van der Waals surface area contributed by atoms with Gasteiger partial charge in [-0.1, -0.05) is 10.4 Å². The van der Waals surface area contributed by atoms with Gasteiger partial charge in [0.1, 0.15) is 6.61 Å². The fraction of sp³-hybridized carbons (Fsp3) is 0.571. The van der Waals surface area contributed by atoms with Gasteiger partial charge in [0.05, 0.1) is 18.3 Å². The van der Waals surface area contributed by atoms with Crippen LogP contribution in [0.3, 0.4) is 0 Å². The molecule has 1 aliphatic heterocycles. The van der Waals surface area contributed by atoms with Gasteiger partial charge in [-0.25, -0.2) is 4.68 Å². The minimum Gasteiger partial charge on any atom is -0.377 e. The van der Waals surface area contributed by atoms with E-state index >= 15 is 0 Å². The van der Waals surface area contributed by atoms with Crippen LogP contribution in [0, 0.1) is 0 Å². The Morgan fingerprint density at radius 2 is 2.30 bits per heavy atom. The van der Waals surface area contributed by atoms with Crippen LogP contribution in [0.25, 0.3) is 0 Å². The number of rotatable bonds is 5. The Labute approximate surface area is 133 Å². The summed E-state index contributed by atoms with van der Waals surface area (Å²) in [6.45, 7) is 1.45. The quantitative estimate of drug-likeness (QED) is 0.768. The van der Waals surface area contributed by atoms with Crippen molar-refractivity contribution in [1.82, 2.24) is 30.0 Å². The van der Waals surface area contributed by atoms with Crippen molar-refractivity contribution in [3.8, 4) is 0 Å². The predicted molar refractivity (Wildman–Crippen MR) is 79.7 cm³/mol. The van der Waals surface area contributed by atoms with Crippen molar-refractivity contribution in [2.45, 2.75) is 18.7 Å². The Morgan fingerprint density at radius 3 is 2.96 bits per heavy atom. The number of nitrogens with zero attached hydrogens (tertiary/aromatic N) is 6. The second-order valence-corrected chi connectivity index (χ2v) is 5.80. The molecule has 1 saturated heterocycles. The molecule has 9 heteroatoms. The zero-order valence-corrected chi connectivity index (χ0v) is 13.4. The molecule has 0 aromatic carbocycles. The lowest BCUT2D eigenvalue weighted by Gasteiger charge is -2.24. The van der Waals surface area contributed by atoms with Crippen LogP contribution in [0.5, 0.6) is 0 Å². The van der Waals surface area contributed by atoms with E-state index < -0.39 is 0 Å². The highest BCUT2D eigenvalue weighted by Crippen LogP contribution is 2.25. The van der Waals surface area contributed by atoms with Crippen LogP contribution in [0.1, 0.15) is 22.3 Å². The average molecular weight is 320 g/mol. The molecule has 0 saturated carbocycles. The lowest BCUT2D eigenvalue weighted by atomic mass is 10.1. The molecule has 1 amide bonds. The Hall–Kier alpha value is -2.26. The number of ether oxygens (including phenoxy) is 1. The van der Waals surface area contributed by atoms with Gasteiger partial charge in [0.2, 0.25) is 0 Å². The van der Waals surface area contributed by atoms with E-state index in [4.69, 9.17) is 9.26 Å². The smallest absolute Gasteiger partial charge is 0.276 e. The third-order valence-electron chi connectivity index (χ3n) is 4.05. The molecule has 124 valence electrons. The number of hydrogen-bond donors (Lipinski definition) is 0. The van der Waals surface area contributed by atoms with Crippen LogP contribution in [-0.2, 0) is 11.3 Å². The molecule has 0 N–H and O–H groups in total. The van der Waals surface area contributed by atoms with Crippen molar-refractivity contribution in [2.75, 3.05) is 34.3 Å². The van der Waals surface area contributed by atoms with Crippen molar-refractivity contribution >= 4 is 5.91 Å². The molecule has 1 fully saturated rings. The van der Waals surface area contributed by atoms with Gasteiger partial charge in [0.15, 0.2) is 11.5 Å². The minimum absolute atomic E-state index is 0.0572. The summed E-state index contributed by atoms with van der Waals surface area (Å²) in [6.07, 6.45) is 3.47. The number of likely N-dealkylation sites (N-methyl/N-ethyl adjacent to an activating group) is 1. The first kappa shape index (κ1) is 15.6. The number of carbonyl (C=O) groups is 1. The molecule has 0 bridgehead atoms. The molecule has 0 radical (unpaired) electrons. The first-order chi connectivity index (χ1) is 11.1. The third kappa shape index (κ3) is 3.10. The SMILES string of the molecule is COCc1cc(C(=O)N2C[C@@H](N(C)C)[C@@H](n3ccnn3)C2)no1. The van der Waals surface area contributed by atoms with Crippen LogP contribution in [0.2, 0.25) is 0 Å². The van der Waals surface area contributed by atoms with Crippen LogP contribution in [0.4, 0.5) is 0 Å². The monoisotopic (exact) mass is 320 g/mol. The summed E-state index contributed by atoms with van der Waals surface area (Å²) in [5, 5.41) is 11.8. The van der Waals surface area contributed by atoms with Crippen LogP contribution < -0.4 is 0 Å². The molecule has 3 rings (SSSR count). The number of hydrogen-bond acceptors (Lipinski definition) is 7. The maximum atomic E-state index is 12.6. The van der Waals surface area contributed by atoms with E-state index in [2.05, 4.69) is 20.4 Å². The van der Waals surface area contributed by atoms with E-state index in [9.17, 15) is 4.79 Å². The van der Waals surface area contributed by atoms with Gasteiger partial charge in [-0.3, -0.25) is 4.79 Å². The fourth-order valence-corrected chi connectivity index (χ4v) is 2.88. The maximum Gasteiger partial charge on any atom is 0.276 e. The highest BCUT2D eigenvalue weighted by molar-refractivity contribution is 5.92. The second-order valence-electron chi connectivity index (χ2n) is 5.80. The van der Waals surface area contributed by atoms with Gasteiger partial charge in [-0.05, 0) is 14.1 Å². The van der Waals surface area contributed by atoms with Gasteiger partial charge >= 0.3 is 0 Å². The van der Waals surface area contributed by atoms with Crippen LogP contribution >= 0.6 is 0 Å². The topological polar surface area (TPSA) is 89.5 Å². The van der Waals surface area contributed by atoms with Crippen LogP contribution in [0.15, 0.2) is 23.0 Å². The molecule has 9 nitrogen and oxygen atoms in total. The van der Waals surface area contributed by atoms with E-state index in [1.165, 1.54) is 0 Å². The first-order valence-electron chi connectivity index (χ1n) is 7.36. The number of aromatic nitrogens is 4. The zero-order chi connectivity index (χ0) is 16.4. The van der Waals surface area contributed by atoms with E-state index in [1.807, 2.05) is 20.3 Å². The van der Waals surface area contributed by atoms with Gasteiger partial charge in [0, 0.05) is 32.5 Å². The molecule has 3 heterocycles. The molecule has 0 spiro atoms. The molecule has 2 aromatic rings. The summed E-state index contributed by atoms with van der Waals surface area (Å²) >= 11 is 0. The normalized spacial score (nSPS) is 21.3. The lowest BCUT2D eigenvalue weighted by molar-refractivity contribution is 0.0770. The Bertz CT molecular complexity index is 653. The van der Waals surface area contributed by atoms with Crippen molar-refractivity contribution in [3.05, 3.63) is 29.9 Å². The van der Waals surface area contributed by atoms with Crippen LogP contribution in [-0.4, -0.2) is 76.2 Å². The van der Waals surface area contributed by atoms with E-state index in [1.54, 1.807) is 29.0 Å². The van der Waals surface area contributed by atoms with Gasteiger partial charge < -0.3 is 19.1 Å². The first-order valence-corrected chi connectivity index (χ1v) is 7.36. The summed E-state index contributed by atoms with van der Waals surface area (Å²) in [4.78, 5) is 16.5. The molecular weight excluding hydrogens is 300 g/mol. The number of likely N-dealkylation sites (tertiary alicyclic amines) is 1. The Kier molecular flexibility index (Phi) is 4.39. The number of amides is 1. The Morgan fingerprint density at radius 1 is 1.48 bits per heavy atom. The predicted octanol–water partition coefficient (Wildman–Crippen LogP) is 0.0398. The molecule has 2 aromatic heterocycles. The van der Waals surface area contributed by atoms with Crippen molar-refractivity contribution in [2.24, 2.45) is 0 Å². The van der Waals surface area contributed by atoms with E-state index in [-0.39, 0.29) is 18.0 Å². The maximum absolute atomic E-state index is 12.6. The summed E-state index contributed by atoms with van der Waals surface area (Å²) in [7, 11) is 5.56. The summed E-state index contributed by atoms with van der Waals surface area (Å²) in [5.74, 6) is 0.387. The molecule has 2 atom stereocenters. The number of methoxy groups -OCH3 is 1. The molecule has 0 aliphatic carbocycles. The summed E-state index contributed by atoms with van der Waals surface area (Å²) in [5.41, 5.74) is 0.300. The standard InChI is InChI=1S/C14H20N6O3/c1-18(2)12-7-19(8-13(12)20-5-4-15-17-20)14(21)11-6-10(9-22-3)23-16-11/h4-6,12-13H,7-9H2,1-3H3/t12-,13+/m1/s1. The van der Waals surface area contributed by atoms with E-state index in [0.717, 1.165) is 0 Å². The Balaban J connectivity index is 1.76. The zero-order valence-electron chi connectivity index (χ0n) is 13.4. The van der Waals surface area contributed by atoms with Gasteiger partial charge in [-0.2, -0.15) is 0 Å².